The number of hydrogen-bond donors (Lipinski definition) is 1. The van der Waals surface area contributed by atoms with E-state index in [2.05, 4.69) is 0 Å². The second kappa shape index (κ2) is 5.51. The molecule has 9 heteroatoms. The summed E-state index contributed by atoms with van der Waals surface area (Å²) in [4.78, 5) is 36.7. The van der Waals surface area contributed by atoms with Crippen molar-refractivity contribution < 1.29 is 14.7 Å². The molecule has 1 aromatic heterocycles. The SMILES string of the molecule is CC=c1s/c(=C2/SC(=S)N(C)C2=O)n(CC(=O)O)c1=O. The summed E-state index contributed by atoms with van der Waals surface area (Å²) in [6.07, 6.45) is 1.60. The van der Waals surface area contributed by atoms with Gasteiger partial charge in [-0.1, -0.05) is 30.1 Å². The molecule has 1 amide bonds. The Morgan fingerprint density at radius 2 is 2.10 bits per heavy atom. The molecule has 106 valence electrons. The molecule has 1 N–H and O–H groups in total. The summed E-state index contributed by atoms with van der Waals surface area (Å²) in [7, 11) is 1.55. The Hall–Kier alpha value is -1.45. The fraction of sp³-hybridized carbons (Fsp3) is 0.273. The molecule has 1 saturated heterocycles. The average Bonchev–Trinajstić information content (AvgIpc) is 2.82. The molecule has 0 aliphatic carbocycles. The molecule has 2 rings (SSSR count). The zero-order chi connectivity index (χ0) is 15.0. The predicted octanol–water partition coefficient (Wildman–Crippen LogP) is -0.607. The summed E-state index contributed by atoms with van der Waals surface area (Å²) in [5, 5.41) is 8.91. The van der Waals surface area contributed by atoms with Crippen molar-refractivity contribution in [2.75, 3.05) is 7.05 Å². The summed E-state index contributed by atoms with van der Waals surface area (Å²) in [5.74, 6) is -1.45. The summed E-state index contributed by atoms with van der Waals surface area (Å²) in [6, 6.07) is 0. The standard InChI is InChI=1S/C11H10N2O4S3/c1-3-5-8(16)13(4-6(14)15)10(19-5)7-9(17)12(2)11(18)20-7/h3H,4H2,1-2H3,(H,14,15)/b5-3?,10-7+. The molecule has 1 aliphatic rings. The fourth-order valence-corrected chi connectivity index (χ4v) is 3.99. The minimum atomic E-state index is -1.14. The number of nitrogens with zero attached hydrogens (tertiary/aromatic N) is 2. The maximum Gasteiger partial charge on any atom is 0.323 e. The van der Waals surface area contributed by atoms with E-state index in [0.717, 1.165) is 27.7 Å². The summed E-state index contributed by atoms with van der Waals surface area (Å²) in [6.45, 7) is 1.21. The van der Waals surface area contributed by atoms with Crippen molar-refractivity contribution in [2.24, 2.45) is 0 Å². The normalized spacial score (nSPS) is 19.1. The third kappa shape index (κ3) is 2.43. The van der Waals surface area contributed by atoms with Crippen molar-refractivity contribution in [2.45, 2.75) is 13.5 Å². The van der Waals surface area contributed by atoms with Crippen LogP contribution < -0.4 is 14.8 Å². The van der Waals surface area contributed by atoms with Gasteiger partial charge in [0.1, 0.15) is 20.4 Å². The van der Waals surface area contributed by atoms with Crippen LogP contribution in [0.5, 0.6) is 0 Å². The van der Waals surface area contributed by atoms with Crippen LogP contribution in [0.3, 0.4) is 0 Å². The van der Waals surface area contributed by atoms with Gasteiger partial charge in [-0.15, -0.1) is 11.3 Å². The Bertz CT molecular complexity index is 790. The van der Waals surface area contributed by atoms with Crippen molar-refractivity contribution in [3.05, 3.63) is 19.5 Å². The number of thioether (sulfide) groups is 1. The molecule has 1 aliphatic heterocycles. The van der Waals surface area contributed by atoms with E-state index in [9.17, 15) is 14.4 Å². The molecule has 1 fully saturated rings. The Morgan fingerprint density at radius 1 is 1.45 bits per heavy atom. The van der Waals surface area contributed by atoms with Crippen LogP contribution in [0, 0.1) is 0 Å². The molecule has 2 heterocycles. The van der Waals surface area contributed by atoms with E-state index in [1.807, 2.05) is 0 Å². The van der Waals surface area contributed by atoms with Gasteiger partial charge in [0.2, 0.25) is 0 Å². The molecular formula is C11H10N2O4S3. The van der Waals surface area contributed by atoms with Crippen LogP contribution >= 0.6 is 35.3 Å². The first-order chi connectivity index (χ1) is 9.36. The number of carbonyl (C=O) groups is 2. The second-order valence-electron chi connectivity index (χ2n) is 3.91. The number of carboxylic acid groups (broad SMARTS) is 1. The van der Waals surface area contributed by atoms with Gasteiger partial charge < -0.3 is 5.11 Å². The minimum absolute atomic E-state index is 0.300. The summed E-state index contributed by atoms with van der Waals surface area (Å²) >= 11 is 7.21. The third-order valence-corrected chi connectivity index (χ3v) is 5.54. The third-order valence-electron chi connectivity index (χ3n) is 2.62. The maximum absolute atomic E-state index is 12.1. The van der Waals surface area contributed by atoms with Gasteiger partial charge in [0.15, 0.2) is 0 Å². The molecule has 0 bridgehead atoms. The lowest BCUT2D eigenvalue weighted by Gasteiger charge is -2.03. The first-order valence-electron chi connectivity index (χ1n) is 5.48. The summed E-state index contributed by atoms with van der Waals surface area (Å²) < 4.78 is 2.23. The van der Waals surface area contributed by atoms with Gasteiger partial charge in [-0.3, -0.25) is 23.9 Å². The van der Waals surface area contributed by atoms with Crippen LogP contribution in [0.25, 0.3) is 11.0 Å². The number of thiazole rings is 1. The van der Waals surface area contributed by atoms with Crippen LogP contribution in [0.15, 0.2) is 4.79 Å². The highest BCUT2D eigenvalue weighted by Gasteiger charge is 2.31. The van der Waals surface area contributed by atoms with E-state index in [1.54, 1.807) is 20.0 Å². The van der Waals surface area contributed by atoms with Crippen LogP contribution in [-0.2, 0) is 16.1 Å². The molecule has 0 atom stereocenters. The van der Waals surface area contributed by atoms with Crippen molar-refractivity contribution in [3.8, 4) is 0 Å². The number of rotatable bonds is 2. The Morgan fingerprint density at radius 3 is 2.55 bits per heavy atom. The smallest absolute Gasteiger partial charge is 0.323 e. The molecule has 20 heavy (non-hydrogen) atoms. The zero-order valence-electron chi connectivity index (χ0n) is 10.6. The Balaban J connectivity index is 2.81. The van der Waals surface area contributed by atoms with Gasteiger partial charge in [-0.2, -0.15) is 0 Å². The van der Waals surface area contributed by atoms with Gasteiger partial charge in [-0.05, 0) is 6.92 Å². The second-order valence-corrected chi connectivity index (χ2v) is 6.58. The van der Waals surface area contributed by atoms with Crippen molar-refractivity contribution >= 4 is 62.5 Å². The molecule has 0 aromatic carbocycles. The predicted molar refractivity (Wildman–Crippen MR) is 82.0 cm³/mol. The maximum atomic E-state index is 12.1. The highest BCUT2D eigenvalue weighted by molar-refractivity contribution is 8.30. The molecule has 6 nitrogen and oxygen atoms in total. The van der Waals surface area contributed by atoms with Gasteiger partial charge >= 0.3 is 5.97 Å². The lowest BCUT2D eigenvalue weighted by molar-refractivity contribution is -0.137. The number of thiocarbonyl (C=S) groups is 1. The monoisotopic (exact) mass is 330 g/mol. The van der Waals surface area contributed by atoms with E-state index in [-0.39, 0.29) is 5.91 Å². The van der Waals surface area contributed by atoms with Crippen molar-refractivity contribution in [1.29, 1.82) is 0 Å². The lowest BCUT2D eigenvalue weighted by Crippen LogP contribution is -2.35. The number of aromatic nitrogens is 1. The van der Waals surface area contributed by atoms with E-state index >= 15 is 0 Å². The summed E-state index contributed by atoms with van der Waals surface area (Å²) in [5.41, 5.74) is -0.406. The average molecular weight is 330 g/mol. The van der Waals surface area contributed by atoms with Crippen molar-refractivity contribution in [3.63, 3.8) is 0 Å². The Kier molecular flexibility index (Phi) is 4.11. The van der Waals surface area contributed by atoms with Crippen molar-refractivity contribution in [1.82, 2.24) is 9.47 Å². The first kappa shape index (κ1) is 14.9. The van der Waals surface area contributed by atoms with E-state index in [0.29, 0.717) is 18.4 Å². The number of hydrogen-bond acceptors (Lipinski definition) is 6. The molecule has 1 aromatic rings. The van der Waals surface area contributed by atoms with E-state index in [1.165, 1.54) is 4.90 Å². The van der Waals surface area contributed by atoms with Gasteiger partial charge in [0.05, 0.1) is 4.53 Å². The first-order valence-corrected chi connectivity index (χ1v) is 7.53. The van der Waals surface area contributed by atoms with Crippen LogP contribution in [0.2, 0.25) is 0 Å². The van der Waals surface area contributed by atoms with Crippen LogP contribution in [-0.4, -0.2) is 37.8 Å². The molecule has 0 unspecified atom stereocenters. The van der Waals surface area contributed by atoms with Gasteiger partial charge in [0, 0.05) is 7.05 Å². The molecule has 0 spiro atoms. The minimum Gasteiger partial charge on any atom is -0.480 e. The highest BCUT2D eigenvalue weighted by Crippen LogP contribution is 2.29. The highest BCUT2D eigenvalue weighted by atomic mass is 32.2. The topological polar surface area (TPSA) is 79.6 Å². The number of carbonyl (C=O) groups excluding carboxylic acids is 1. The Labute approximate surface area is 127 Å². The van der Waals surface area contributed by atoms with Gasteiger partial charge in [0.25, 0.3) is 11.5 Å². The van der Waals surface area contributed by atoms with Gasteiger partial charge in [-0.25, -0.2) is 0 Å². The van der Waals surface area contributed by atoms with Crippen LogP contribution in [0.1, 0.15) is 6.92 Å². The quantitative estimate of drug-likeness (QED) is 0.729. The van der Waals surface area contributed by atoms with Crippen LogP contribution in [0.4, 0.5) is 0 Å². The number of aliphatic carboxylic acids is 1. The molecule has 0 saturated carbocycles. The number of carboxylic acids is 1. The zero-order valence-corrected chi connectivity index (χ0v) is 13.0. The lowest BCUT2D eigenvalue weighted by atomic mass is 10.5. The van der Waals surface area contributed by atoms with E-state index in [4.69, 9.17) is 17.3 Å². The molecular weight excluding hydrogens is 320 g/mol. The fourth-order valence-electron chi connectivity index (χ4n) is 1.63. The largest absolute Gasteiger partial charge is 0.480 e. The van der Waals surface area contributed by atoms with E-state index < -0.39 is 18.1 Å². The molecule has 0 radical (unpaired) electrons. The number of amides is 1.